The van der Waals surface area contributed by atoms with E-state index in [9.17, 15) is 19.5 Å². The quantitative estimate of drug-likeness (QED) is 0.259. The third-order valence-corrected chi connectivity index (χ3v) is 5.61. The summed E-state index contributed by atoms with van der Waals surface area (Å²) < 4.78 is 4.98. The average Bonchev–Trinajstić information content (AvgIpc) is 3.11. The number of rotatable bonds is 6. The standard InChI is InChI=1S/C27H24N2O5/c1-3-34-22(30)16-18-9-13-20(14-10-18)29-24(21-6-4-5-15-28-21)23(26(32)27(29)33)25(31)19-11-7-17(2)8-12-19/h4-15,24,31H,3,16H2,1-2H3/b25-23-. The molecular formula is C27H24N2O5. The number of ether oxygens (including phenoxy) is 1. The molecule has 1 atom stereocenters. The highest BCUT2D eigenvalue weighted by molar-refractivity contribution is 6.51. The summed E-state index contributed by atoms with van der Waals surface area (Å²) in [5.74, 6) is -2.15. The summed E-state index contributed by atoms with van der Waals surface area (Å²) in [7, 11) is 0. The summed E-state index contributed by atoms with van der Waals surface area (Å²) in [6, 6.07) is 18.1. The molecule has 0 aliphatic carbocycles. The Morgan fingerprint density at radius 1 is 1.03 bits per heavy atom. The van der Waals surface area contributed by atoms with Gasteiger partial charge in [-0.1, -0.05) is 48.0 Å². The van der Waals surface area contributed by atoms with Gasteiger partial charge >= 0.3 is 5.97 Å². The molecule has 0 bridgehead atoms. The van der Waals surface area contributed by atoms with Gasteiger partial charge in [0.2, 0.25) is 0 Å². The molecule has 1 fully saturated rings. The first-order valence-corrected chi connectivity index (χ1v) is 10.9. The Morgan fingerprint density at radius 2 is 1.74 bits per heavy atom. The Labute approximate surface area is 197 Å². The Morgan fingerprint density at radius 3 is 2.35 bits per heavy atom. The van der Waals surface area contributed by atoms with E-state index >= 15 is 0 Å². The predicted molar refractivity (Wildman–Crippen MR) is 127 cm³/mol. The van der Waals surface area contributed by atoms with Crippen molar-refractivity contribution in [1.29, 1.82) is 0 Å². The smallest absolute Gasteiger partial charge is 0.310 e. The van der Waals surface area contributed by atoms with E-state index in [1.54, 1.807) is 67.7 Å². The van der Waals surface area contributed by atoms with E-state index < -0.39 is 17.7 Å². The van der Waals surface area contributed by atoms with E-state index in [0.717, 1.165) is 5.56 Å². The van der Waals surface area contributed by atoms with Crippen molar-refractivity contribution in [2.75, 3.05) is 11.5 Å². The minimum Gasteiger partial charge on any atom is -0.507 e. The van der Waals surface area contributed by atoms with Crippen molar-refractivity contribution < 1.29 is 24.2 Å². The zero-order valence-corrected chi connectivity index (χ0v) is 18.9. The van der Waals surface area contributed by atoms with Crippen LogP contribution in [0.15, 0.2) is 78.5 Å². The van der Waals surface area contributed by atoms with Crippen molar-refractivity contribution in [2.24, 2.45) is 0 Å². The molecule has 1 unspecified atom stereocenters. The molecule has 1 amide bonds. The number of anilines is 1. The minimum absolute atomic E-state index is 0.0249. The molecule has 2 heterocycles. The number of aliphatic hydroxyl groups is 1. The monoisotopic (exact) mass is 456 g/mol. The fourth-order valence-corrected chi connectivity index (χ4v) is 3.94. The van der Waals surface area contributed by atoms with Crippen LogP contribution in [-0.2, 0) is 25.5 Å². The molecule has 0 radical (unpaired) electrons. The number of nitrogens with zero attached hydrogens (tertiary/aromatic N) is 2. The number of esters is 1. The van der Waals surface area contributed by atoms with Crippen molar-refractivity contribution >= 4 is 29.1 Å². The van der Waals surface area contributed by atoms with E-state index in [1.165, 1.54) is 4.90 Å². The number of hydrogen-bond acceptors (Lipinski definition) is 6. The second-order valence-electron chi connectivity index (χ2n) is 7.94. The zero-order valence-electron chi connectivity index (χ0n) is 18.9. The number of carbonyl (C=O) groups is 3. The highest BCUT2D eigenvalue weighted by Crippen LogP contribution is 2.41. The molecule has 1 aliphatic heterocycles. The molecule has 3 aromatic rings. The Balaban J connectivity index is 1.78. The molecule has 0 saturated carbocycles. The molecule has 7 heteroatoms. The Bertz CT molecular complexity index is 1250. The molecule has 7 nitrogen and oxygen atoms in total. The van der Waals surface area contributed by atoms with Gasteiger partial charge in [0.15, 0.2) is 0 Å². The highest BCUT2D eigenvalue weighted by Gasteiger charge is 2.47. The number of Topliss-reactive ketones (excluding diaryl/α,β-unsaturated/α-hetero) is 1. The molecule has 172 valence electrons. The van der Waals surface area contributed by atoms with Crippen LogP contribution in [0.5, 0.6) is 0 Å². The summed E-state index contributed by atoms with van der Waals surface area (Å²) >= 11 is 0. The van der Waals surface area contributed by atoms with Crippen LogP contribution in [0.25, 0.3) is 5.76 Å². The van der Waals surface area contributed by atoms with Gasteiger partial charge in [-0.25, -0.2) is 0 Å². The highest BCUT2D eigenvalue weighted by atomic mass is 16.5. The van der Waals surface area contributed by atoms with E-state index in [1.807, 2.05) is 19.1 Å². The first-order valence-electron chi connectivity index (χ1n) is 10.9. The lowest BCUT2D eigenvalue weighted by molar-refractivity contribution is -0.142. The van der Waals surface area contributed by atoms with Gasteiger partial charge in [0.05, 0.1) is 24.3 Å². The van der Waals surface area contributed by atoms with Crippen molar-refractivity contribution in [2.45, 2.75) is 26.3 Å². The third-order valence-electron chi connectivity index (χ3n) is 5.61. The van der Waals surface area contributed by atoms with Crippen molar-refractivity contribution in [3.05, 3.63) is 101 Å². The van der Waals surface area contributed by atoms with Gasteiger partial charge in [0, 0.05) is 17.4 Å². The van der Waals surface area contributed by atoms with Gasteiger partial charge in [0.25, 0.3) is 11.7 Å². The van der Waals surface area contributed by atoms with Gasteiger partial charge < -0.3 is 9.84 Å². The molecule has 1 N–H and O–H groups in total. The molecule has 1 aromatic heterocycles. The van der Waals surface area contributed by atoms with E-state index in [2.05, 4.69) is 4.98 Å². The van der Waals surface area contributed by atoms with Gasteiger partial charge in [-0.15, -0.1) is 0 Å². The van der Waals surface area contributed by atoms with Gasteiger partial charge in [0.1, 0.15) is 11.8 Å². The number of aliphatic hydroxyl groups excluding tert-OH is 1. The van der Waals surface area contributed by atoms with Gasteiger partial charge in [-0.3, -0.25) is 24.3 Å². The fourth-order valence-electron chi connectivity index (χ4n) is 3.94. The van der Waals surface area contributed by atoms with Crippen LogP contribution < -0.4 is 4.90 Å². The molecule has 0 spiro atoms. The number of aromatic nitrogens is 1. The largest absolute Gasteiger partial charge is 0.507 e. The summed E-state index contributed by atoms with van der Waals surface area (Å²) in [5, 5.41) is 11.1. The fraction of sp³-hybridized carbons (Fsp3) is 0.185. The van der Waals surface area contributed by atoms with Crippen LogP contribution in [0.4, 0.5) is 5.69 Å². The Hall–Kier alpha value is -4.26. The second-order valence-corrected chi connectivity index (χ2v) is 7.94. The maximum absolute atomic E-state index is 13.2. The van der Waals surface area contributed by atoms with Crippen LogP contribution >= 0.6 is 0 Å². The molecular weight excluding hydrogens is 432 g/mol. The molecule has 1 aliphatic rings. The maximum Gasteiger partial charge on any atom is 0.310 e. The molecule has 2 aromatic carbocycles. The van der Waals surface area contributed by atoms with Crippen LogP contribution in [0.2, 0.25) is 0 Å². The maximum atomic E-state index is 13.2. The number of amides is 1. The molecule has 1 saturated heterocycles. The van der Waals surface area contributed by atoms with Gasteiger partial charge in [-0.2, -0.15) is 0 Å². The lowest BCUT2D eigenvalue weighted by Crippen LogP contribution is -2.29. The lowest BCUT2D eigenvalue weighted by Gasteiger charge is -2.24. The predicted octanol–water partition coefficient (Wildman–Crippen LogP) is 4.12. The number of carbonyl (C=O) groups excluding carboxylic acids is 3. The number of hydrogen-bond donors (Lipinski definition) is 1. The topological polar surface area (TPSA) is 96.8 Å². The van der Waals surface area contributed by atoms with Crippen molar-refractivity contribution in [3.63, 3.8) is 0 Å². The van der Waals surface area contributed by atoms with Gasteiger partial charge in [-0.05, 0) is 43.7 Å². The van der Waals surface area contributed by atoms with Crippen molar-refractivity contribution in [3.8, 4) is 0 Å². The average molecular weight is 456 g/mol. The second kappa shape index (κ2) is 9.70. The SMILES string of the molecule is CCOC(=O)Cc1ccc(N2C(=O)C(=O)/C(=C(\O)c3ccc(C)cc3)C2c2ccccn2)cc1. The zero-order chi connectivity index (χ0) is 24.2. The lowest BCUT2D eigenvalue weighted by atomic mass is 9.97. The summed E-state index contributed by atoms with van der Waals surface area (Å²) in [4.78, 5) is 43.8. The van der Waals surface area contributed by atoms with E-state index in [-0.39, 0.29) is 23.7 Å². The third kappa shape index (κ3) is 4.45. The van der Waals surface area contributed by atoms with Crippen LogP contribution in [0.3, 0.4) is 0 Å². The number of aryl methyl sites for hydroxylation is 1. The number of ketones is 1. The number of benzene rings is 2. The molecule has 4 rings (SSSR count). The van der Waals surface area contributed by atoms with Crippen LogP contribution in [0.1, 0.15) is 35.3 Å². The number of pyridine rings is 1. The first-order chi connectivity index (χ1) is 16.4. The van der Waals surface area contributed by atoms with E-state index in [4.69, 9.17) is 4.74 Å². The van der Waals surface area contributed by atoms with Crippen molar-refractivity contribution in [1.82, 2.24) is 4.98 Å². The normalized spacial score (nSPS) is 17.1. The first kappa shape index (κ1) is 22.9. The minimum atomic E-state index is -0.904. The Kier molecular flexibility index (Phi) is 6.54. The summed E-state index contributed by atoms with van der Waals surface area (Å²) in [5.41, 5.74) is 3.03. The van der Waals surface area contributed by atoms with Crippen LogP contribution in [-0.4, -0.2) is 34.4 Å². The van der Waals surface area contributed by atoms with E-state index in [0.29, 0.717) is 29.1 Å². The summed E-state index contributed by atoms with van der Waals surface area (Å²) in [6.07, 6.45) is 1.67. The van der Waals surface area contributed by atoms with Crippen LogP contribution in [0, 0.1) is 6.92 Å². The summed E-state index contributed by atoms with van der Waals surface area (Å²) in [6.45, 7) is 3.96. The molecule has 34 heavy (non-hydrogen) atoms.